The number of fused-ring (bicyclic) bond motifs is 1. The third-order valence-corrected chi connectivity index (χ3v) is 2.22. The molecule has 0 saturated carbocycles. The van der Waals surface area contributed by atoms with Crippen LogP contribution in [0.4, 0.5) is 0 Å². The zero-order chi connectivity index (χ0) is 22.5. The van der Waals surface area contributed by atoms with Crippen LogP contribution in [0.25, 0.3) is 10.8 Å². The molecule has 0 saturated heterocycles. The molecule has 2 aromatic rings. The lowest BCUT2D eigenvalue weighted by molar-refractivity contribution is 0.105. The molecule has 0 spiro atoms. The molecule has 0 heterocycles. The van der Waals surface area contributed by atoms with Gasteiger partial charge < -0.3 is 15.2 Å². The van der Waals surface area contributed by atoms with E-state index in [-0.39, 0.29) is 11.9 Å². The van der Waals surface area contributed by atoms with Crippen molar-refractivity contribution in [3.8, 4) is 5.75 Å². The smallest absolute Gasteiger partial charge is 0.127 e. The maximum Gasteiger partial charge on any atom is 0.127 e. The predicted octanol–water partition coefficient (Wildman–Crippen LogP) is 2.58. The number of aliphatic hydroxyl groups is 1. The Morgan fingerprint density at radius 2 is 2.05 bits per heavy atom. The molecule has 0 fully saturated rings. The molecule has 1 unspecified atom stereocenters. The zero-order valence-electron chi connectivity index (χ0n) is 20.6. The van der Waals surface area contributed by atoms with Crippen molar-refractivity contribution >= 4 is 10.8 Å². The molecule has 0 amide bonds. The first-order valence-electron chi connectivity index (χ1n) is 10.7. The van der Waals surface area contributed by atoms with E-state index in [9.17, 15) is 5.11 Å². The van der Waals surface area contributed by atoms with Crippen LogP contribution in [-0.4, -0.2) is 30.3 Å². The molecule has 2 aromatic carbocycles. The predicted molar refractivity (Wildman–Crippen MR) is 78.6 cm³/mol. The summed E-state index contributed by atoms with van der Waals surface area (Å²) in [6.07, 6.45) is -1.80. The number of ether oxygens (including phenoxy) is 1. The second-order valence-electron chi connectivity index (χ2n) is 4.07. The number of nitrogens with one attached hydrogen (secondary N) is 1. The van der Waals surface area contributed by atoms with E-state index in [0.717, 1.165) is 0 Å². The Bertz CT molecular complexity index is 950. The Kier molecular flexibility index (Phi) is 2.00. The van der Waals surface area contributed by atoms with Gasteiger partial charge in [0.05, 0.1) is 12.3 Å². The standard InChI is InChI=1S/C16H21NO2/c1-12(2)17-10-14(18)11-19-16-9-5-7-13-6-3-4-8-15(13)16/h3-9,12,14,17-18H,10-11H2,1-2H3/i3D,4D,5D,6D,7D,8D,9D,11D2,12D. The van der Waals surface area contributed by atoms with Gasteiger partial charge in [-0.1, -0.05) is 50.1 Å². The van der Waals surface area contributed by atoms with E-state index in [1.165, 1.54) is 13.8 Å². The fraction of sp³-hybridized carbons (Fsp3) is 0.375. The molecule has 0 aliphatic carbocycles. The first-order valence-corrected chi connectivity index (χ1v) is 5.72. The quantitative estimate of drug-likeness (QED) is 0.847. The summed E-state index contributed by atoms with van der Waals surface area (Å²) in [5.74, 6) is -0.665. The van der Waals surface area contributed by atoms with Crippen LogP contribution in [0.15, 0.2) is 42.3 Å². The summed E-state index contributed by atoms with van der Waals surface area (Å²) >= 11 is 0. The minimum atomic E-state index is -2.83. The molecule has 3 heteroatoms. The van der Waals surface area contributed by atoms with E-state index in [2.05, 4.69) is 5.32 Å². The number of hydrogen-bond acceptors (Lipinski definition) is 3. The average Bonchev–Trinajstić information content (AvgIpc) is 2.62. The van der Waals surface area contributed by atoms with E-state index < -0.39 is 72.1 Å². The molecule has 2 N–H and O–H groups in total. The van der Waals surface area contributed by atoms with Gasteiger partial charge in [-0.2, -0.15) is 0 Å². The maximum atomic E-state index is 10.2. The van der Waals surface area contributed by atoms with Crippen LogP contribution in [0.1, 0.15) is 27.6 Å². The lowest BCUT2D eigenvalue weighted by Crippen LogP contribution is -2.35. The Balaban J connectivity index is 2.67. The van der Waals surface area contributed by atoms with Crippen molar-refractivity contribution < 1.29 is 23.6 Å². The van der Waals surface area contributed by atoms with E-state index in [1.54, 1.807) is 0 Å². The van der Waals surface area contributed by atoms with Gasteiger partial charge in [-0.3, -0.25) is 0 Å². The largest absolute Gasteiger partial charge is 0.490 e. The van der Waals surface area contributed by atoms with Crippen molar-refractivity contribution in [3.63, 3.8) is 0 Å². The van der Waals surface area contributed by atoms with Crippen LogP contribution in [0.2, 0.25) is 0 Å². The second kappa shape index (κ2) is 6.55. The van der Waals surface area contributed by atoms with Crippen molar-refractivity contribution in [1.29, 1.82) is 0 Å². The van der Waals surface area contributed by atoms with Gasteiger partial charge in [0.25, 0.3) is 0 Å². The van der Waals surface area contributed by atoms with Crippen LogP contribution in [0, 0.1) is 0 Å². The minimum absolute atomic E-state index is 0.372. The molecular weight excluding hydrogens is 238 g/mol. The molecule has 3 nitrogen and oxygen atoms in total. The fourth-order valence-corrected chi connectivity index (χ4v) is 1.34. The zero-order valence-corrected chi connectivity index (χ0v) is 10.6. The number of aliphatic hydroxyl groups excluding tert-OH is 1. The number of hydrogen-bond donors (Lipinski definition) is 2. The van der Waals surface area contributed by atoms with Gasteiger partial charge in [0.15, 0.2) is 0 Å². The third-order valence-electron chi connectivity index (χ3n) is 2.22. The lowest BCUT2D eigenvalue weighted by Gasteiger charge is -2.15. The van der Waals surface area contributed by atoms with Crippen LogP contribution in [0.5, 0.6) is 5.75 Å². The van der Waals surface area contributed by atoms with Gasteiger partial charge >= 0.3 is 0 Å². The SMILES string of the molecule is [2H]c1c([2H])c([2H])c2c(OC([2H])([2H])C(O)CNC([2H])(C)C)c([2H])c([2H])c([2H])c2c1[2H]. The molecule has 102 valence electrons. The summed E-state index contributed by atoms with van der Waals surface area (Å²) in [6.45, 7) is -0.229. The van der Waals surface area contributed by atoms with Gasteiger partial charge in [-0.15, -0.1) is 0 Å². The summed E-state index contributed by atoms with van der Waals surface area (Å²) in [7, 11) is 0. The first kappa shape index (κ1) is 5.81. The summed E-state index contributed by atoms with van der Waals surface area (Å²) in [5.41, 5.74) is 0. The van der Waals surface area contributed by atoms with Gasteiger partial charge in [-0.05, 0) is 11.4 Å². The minimum Gasteiger partial charge on any atom is -0.490 e. The molecule has 1 atom stereocenters. The number of rotatable bonds is 6. The van der Waals surface area contributed by atoms with Gasteiger partial charge in [-0.25, -0.2) is 0 Å². The summed E-state index contributed by atoms with van der Waals surface area (Å²) in [4.78, 5) is 0. The summed E-state index contributed by atoms with van der Waals surface area (Å²) in [6, 6.07) is -5.76. The highest BCUT2D eigenvalue weighted by molar-refractivity contribution is 5.88. The third kappa shape index (κ3) is 3.94. The number of benzene rings is 2. The summed E-state index contributed by atoms with van der Waals surface area (Å²) in [5, 5.41) is 12.0. The van der Waals surface area contributed by atoms with E-state index in [4.69, 9.17) is 18.4 Å². The van der Waals surface area contributed by atoms with Gasteiger partial charge in [0, 0.05) is 19.3 Å². The molecule has 0 aliphatic heterocycles. The topological polar surface area (TPSA) is 41.5 Å². The summed E-state index contributed by atoms with van der Waals surface area (Å²) < 4.78 is 84.5. The molecule has 19 heavy (non-hydrogen) atoms. The van der Waals surface area contributed by atoms with E-state index >= 15 is 0 Å². The highest BCUT2D eigenvalue weighted by Crippen LogP contribution is 2.25. The van der Waals surface area contributed by atoms with Crippen molar-refractivity contribution in [1.82, 2.24) is 5.32 Å². The van der Waals surface area contributed by atoms with Crippen molar-refractivity contribution in [3.05, 3.63) is 42.3 Å². The van der Waals surface area contributed by atoms with Crippen LogP contribution in [0.3, 0.4) is 0 Å². The van der Waals surface area contributed by atoms with Gasteiger partial charge in [0.2, 0.25) is 0 Å². The van der Waals surface area contributed by atoms with Crippen molar-refractivity contribution in [2.75, 3.05) is 13.1 Å². The monoisotopic (exact) mass is 269 g/mol. The Hall–Kier alpha value is -1.58. The molecule has 2 rings (SSSR count). The molecule has 0 aliphatic rings. The van der Waals surface area contributed by atoms with Crippen molar-refractivity contribution in [2.24, 2.45) is 0 Å². The second-order valence-corrected chi connectivity index (χ2v) is 4.07. The highest BCUT2D eigenvalue weighted by Gasteiger charge is 2.07. The van der Waals surface area contributed by atoms with E-state index in [1.807, 2.05) is 0 Å². The van der Waals surface area contributed by atoms with Crippen LogP contribution < -0.4 is 10.1 Å². The van der Waals surface area contributed by atoms with Crippen LogP contribution in [-0.2, 0) is 0 Å². The Morgan fingerprint density at radius 3 is 2.84 bits per heavy atom. The Morgan fingerprint density at radius 1 is 1.32 bits per heavy atom. The molecule has 0 radical (unpaired) electrons. The fourth-order valence-electron chi connectivity index (χ4n) is 1.34. The molecular formula is C16H21NO2. The van der Waals surface area contributed by atoms with Gasteiger partial charge in [0.1, 0.15) is 18.4 Å². The lowest BCUT2D eigenvalue weighted by atomic mass is 10.1. The maximum absolute atomic E-state index is 10.2. The Labute approximate surface area is 128 Å². The first-order chi connectivity index (χ1) is 13.1. The van der Waals surface area contributed by atoms with E-state index in [0.29, 0.717) is 0 Å². The average molecular weight is 269 g/mol. The highest BCUT2D eigenvalue weighted by atomic mass is 16.5. The molecule has 0 aromatic heterocycles. The van der Waals surface area contributed by atoms with Crippen LogP contribution >= 0.6 is 0 Å². The normalized spacial score (nSPS) is 21.6. The molecule has 0 bridgehead atoms. The van der Waals surface area contributed by atoms with Crippen molar-refractivity contribution in [2.45, 2.75) is 26.0 Å².